The minimum atomic E-state index is -4.64. The topological polar surface area (TPSA) is 124 Å². The monoisotopic (exact) mass is 256 g/mol. The molecular formula is C8H17O7P. The Hall–Kier alpha value is -0.880. The molecule has 0 saturated carbocycles. The number of hydrogen-bond donors (Lipinski definition) is 4. The molecule has 0 fully saturated rings. The second-order valence-corrected chi connectivity index (χ2v) is 3.84. The zero-order valence-electron chi connectivity index (χ0n) is 9.16. The lowest BCUT2D eigenvalue weighted by Gasteiger charge is -2.01. The minimum Gasteiger partial charge on any atom is -0.515 e. The predicted octanol–water partition coefficient (Wildman–Crippen LogP) is 0.863. The highest BCUT2D eigenvalue weighted by Gasteiger charge is 2.03. The molecule has 0 saturated heterocycles. The quantitative estimate of drug-likeness (QED) is 0.193. The number of aliphatic hydroxyl groups excluding tert-OH is 1. The van der Waals surface area contributed by atoms with Gasteiger partial charge in [-0.05, 0) is 13.3 Å². The van der Waals surface area contributed by atoms with E-state index < -0.39 is 13.8 Å². The first-order valence-corrected chi connectivity index (χ1v) is 6.05. The van der Waals surface area contributed by atoms with Gasteiger partial charge in [-0.2, -0.15) is 0 Å². The molecule has 0 bridgehead atoms. The number of unbranched alkanes of at least 4 members (excludes halogenated alkanes) is 1. The average molecular weight is 256 g/mol. The molecular weight excluding hydrogens is 239 g/mol. The summed E-state index contributed by atoms with van der Waals surface area (Å²) in [7, 11) is -4.64. The molecule has 0 atom stereocenters. The summed E-state index contributed by atoms with van der Waals surface area (Å²) in [6.45, 7) is 3.96. The fraction of sp³-hybridized carbons (Fsp3) is 0.625. The minimum absolute atomic E-state index is 0.237. The second kappa shape index (κ2) is 9.35. The van der Waals surface area contributed by atoms with Crippen LogP contribution >= 0.6 is 7.82 Å². The number of phosphoric acid groups is 1. The van der Waals surface area contributed by atoms with Crippen LogP contribution in [0.25, 0.3) is 0 Å². The van der Waals surface area contributed by atoms with Gasteiger partial charge in [-0.1, -0.05) is 13.3 Å². The lowest BCUT2D eigenvalue weighted by Crippen LogP contribution is -2.06. The summed E-state index contributed by atoms with van der Waals surface area (Å²) in [6, 6.07) is 0. The number of carbonyl (C=O) groups is 1. The molecule has 0 unspecified atom stereocenters. The Morgan fingerprint density at radius 3 is 2.12 bits per heavy atom. The van der Waals surface area contributed by atoms with Gasteiger partial charge in [-0.3, -0.25) is 0 Å². The zero-order valence-corrected chi connectivity index (χ0v) is 10.1. The van der Waals surface area contributed by atoms with E-state index in [1.807, 2.05) is 6.92 Å². The lowest BCUT2D eigenvalue weighted by molar-refractivity contribution is -0.139. The highest BCUT2D eigenvalue weighted by atomic mass is 31.2. The third-order valence-electron chi connectivity index (χ3n) is 1.25. The van der Waals surface area contributed by atoms with Gasteiger partial charge in [0.15, 0.2) is 0 Å². The molecule has 0 aromatic heterocycles. The van der Waals surface area contributed by atoms with Crippen molar-refractivity contribution in [2.24, 2.45) is 0 Å². The van der Waals surface area contributed by atoms with E-state index in [0.29, 0.717) is 6.61 Å². The van der Waals surface area contributed by atoms with E-state index in [4.69, 9.17) is 29.1 Å². The summed E-state index contributed by atoms with van der Waals surface area (Å²) < 4.78 is 13.6. The summed E-state index contributed by atoms with van der Waals surface area (Å²) in [5, 5.41) is 8.40. The van der Waals surface area contributed by atoms with Crippen LogP contribution in [0.1, 0.15) is 26.7 Å². The third-order valence-corrected chi connectivity index (χ3v) is 1.25. The van der Waals surface area contributed by atoms with Crippen LogP contribution in [0.4, 0.5) is 0 Å². The van der Waals surface area contributed by atoms with Crippen LogP contribution in [-0.4, -0.2) is 32.4 Å². The molecule has 0 aliphatic rings. The van der Waals surface area contributed by atoms with Gasteiger partial charge in [0, 0.05) is 0 Å². The first kappa shape index (κ1) is 17.5. The lowest BCUT2D eigenvalue weighted by atomic mass is 10.3. The molecule has 0 radical (unpaired) electrons. The number of carbonyl (C=O) groups excluding carboxylic acids is 1. The highest BCUT2D eigenvalue weighted by molar-refractivity contribution is 7.45. The van der Waals surface area contributed by atoms with Crippen LogP contribution in [0.15, 0.2) is 11.8 Å². The normalized spacial score (nSPS) is 11.4. The van der Waals surface area contributed by atoms with Crippen LogP contribution in [-0.2, 0) is 14.1 Å². The zero-order chi connectivity index (χ0) is 13.2. The molecule has 0 aromatic carbocycles. The van der Waals surface area contributed by atoms with Crippen molar-refractivity contribution in [3.8, 4) is 0 Å². The van der Waals surface area contributed by atoms with Gasteiger partial charge in [-0.25, -0.2) is 9.36 Å². The molecule has 16 heavy (non-hydrogen) atoms. The Morgan fingerprint density at radius 1 is 1.38 bits per heavy atom. The Morgan fingerprint density at radius 2 is 1.81 bits per heavy atom. The molecule has 96 valence electrons. The average Bonchev–Trinajstić information content (AvgIpc) is 2.14. The maximum atomic E-state index is 10.8. The van der Waals surface area contributed by atoms with Gasteiger partial charge in [-0.15, -0.1) is 0 Å². The van der Waals surface area contributed by atoms with Gasteiger partial charge in [0.05, 0.1) is 18.4 Å². The van der Waals surface area contributed by atoms with Crippen molar-refractivity contribution in [1.82, 2.24) is 0 Å². The van der Waals surface area contributed by atoms with Crippen molar-refractivity contribution in [3.63, 3.8) is 0 Å². The van der Waals surface area contributed by atoms with E-state index in [1.165, 1.54) is 6.92 Å². The molecule has 0 aliphatic carbocycles. The summed E-state index contributed by atoms with van der Waals surface area (Å²) >= 11 is 0. The Labute approximate surface area is 93.6 Å². The van der Waals surface area contributed by atoms with E-state index >= 15 is 0 Å². The SMILES string of the molecule is CCCCOC(=O)C(C)=CO.O=P(O)(O)O. The van der Waals surface area contributed by atoms with E-state index in [1.54, 1.807) is 0 Å². The van der Waals surface area contributed by atoms with Crippen molar-refractivity contribution in [3.05, 3.63) is 11.8 Å². The maximum Gasteiger partial charge on any atom is 0.466 e. The fourth-order valence-electron chi connectivity index (χ4n) is 0.476. The molecule has 8 heteroatoms. The highest BCUT2D eigenvalue weighted by Crippen LogP contribution is 2.25. The molecule has 0 aliphatic heterocycles. The number of hydrogen-bond acceptors (Lipinski definition) is 4. The summed E-state index contributed by atoms with van der Waals surface area (Å²) in [5.74, 6) is -0.444. The largest absolute Gasteiger partial charge is 0.515 e. The second-order valence-electron chi connectivity index (χ2n) is 2.81. The predicted molar refractivity (Wildman–Crippen MR) is 56.5 cm³/mol. The van der Waals surface area contributed by atoms with Crippen LogP contribution in [0.2, 0.25) is 0 Å². The number of aliphatic hydroxyl groups is 1. The van der Waals surface area contributed by atoms with Gasteiger partial charge in [0.25, 0.3) is 0 Å². The number of ether oxygens (including phenoxy) is 1. The van der Waals surface area contributed by atoms with Gasteiger partial charge in [0.1, 0.15) is 0 Å². The first-order chi connectivity index (χ1) is 7.22. The van der Waals surface area contributed by atoms with Crippen molar-refractivity contribution in [1.29, 1.82) is 0 Å². The first-order valence-electron chi connectivity index (χ1n) is 4.48. The summed E-state index contributed by atoms with van der Waals surface area (Å²) in [4.78, 5) is 32.4. The van der Waals surface area contributed by atoms with Crippen molar-refractivity contribution >= 4 is 13.8 Å². The van der Waals surface area contributed by atoms with E-state index in [0.717, 1.165) is 19.1 Å². The van der Waals surface area contributed by atoms with Gasteiger partial charge >= 0.3 is 13.8 Å². The summed E-state index contributed by atoms with van der Waals surface area (Å²) in [6.07, 6.45) is 2.62. The summed E-state index contributed by atoms with van der Waals surface area (Å²) in [5.41, 5.74) is 0.237. The van der Waals surface area contributed by atoms with E-state index in [2.05, 4.69) is 0 Å². The number of esters is 1. The molecule has 0 amide bonds. The van der Waals surface area contributed by atoms with Crippen LogP contribution in [0.3, 0.4) is 0 Å². The van der Waals surface area contributed by atoms with Crippen molar-refractivity contribution in [2.75, 3.05) is 6.61 Å². The van der Waals surface area contributed by atoms with Crippen molar-refractivity contribution in [2.45, 2.75) is 26.7 Å². The van der Waals surface area contributed by atoms with E-state index in [9.17, 15) is 4.79 Å². The Kier molecular flexibility index (Phi) is 10.2. The van der Waals surface area contributed by atoms with Crippen molar-refractivity contribution < 1.29 is 33.9 Å². The van der Waals surface area contributed by atoms with Gasteiger partial charge in [0.2, 0.25) is 0 Å². The Balaban J connectivity index is 0. The number of rotatable bonds is 4. The third kappa shape index (κ3) is 18.8. The van der Waals surface area contributed by atoms with Crippen LogP contribution in [0.5, 0.6) is 0 Å². The van der Waals surface area contributed by atoms with Crippen LogP contribution < -0.4 is 0 Å². The molecule has 4 N–H and O–H groups in total. The fourth-order valence-corrected chi connectivity index (χ4v) is 0.476. The molecule has 0 spiro atoms. The standard InChI is InChI=1S/C8H14O3.H3O4P/c1-3-4-5-11-8(10)7(2)6-9;1-5(2,3)4/h6,9H,3-5H2,1-2H3;(H3,1,2,3,4). The van der Waals surface area contributed by atoms with E-state index in [-0.39, 0.29) is 5.57 Å². The molecule has 0 rings (SSSR count). The molecule has 0 aromatic rings. The van der Waals surface area contributed by atoms with Crippen LogP contribution in [0, 0.1) is 0 Å². The molecule has 0 heterocycles. The molecule has 7 nitrogen and oxygen atoms in total. The smallest absolute Gasteiger partial charge is 0.466 e. The maximum absolute atomic E-state index is 10.8. The van der Waals surface area contributed by atoms with Gasteiger partial charge < -0.3 is 24.5 Å². The Bertz CT molecular complexity index is 259.